The molecular formula is C28H35N3O4. The number of hydrogen-bond donors (Lipinski definition) is 1. The maximum absolute atomic E-state index is 13.2. The first-order valence-corrected chi connectivity index (χ1v) is 11.9. The van der Waals surface area contributed by atoms with Gasteiger partial charge in [-0.25, -0.2) is 4.79 Å². The number of benzene rings is 2. The van der Waals surface area contributed by atoms with E-state index in [4.69, 9.17) is 4.74 Å². The van der Waals surface area contributed by atoms with Crippen molar-refractivity contribution in [3.63, 3.8) is 0 Å². The van der Waals surface area contributed by atoms with Crippen LogP contribution in [0.5, 0.6) is 0 Å². The average Bonchev–Trinajstić information content (AvgIpc) is 3.14. The quantitative estimate of drug-likeness (QED) is 0.559. The molecule has 0 saturated heterocycles. The van der Waals surface area contributed by atoms with E-state index in [0.29, 0.717) is 24.3 Å². The minimum atomic E-state index is -1.17. The van der Waals surface area contributed by atoms with Crippen LogP contribution in [-0.4, -0.2) is 59.7 Å². The van der Waals surface area contributed by atoms with Gasteiger partial charge in [0.05, 0.1) is 16.8 Å². The number of anilines is 1. The zero-order valence-electron chi connectivity index (χ0n) is 21.9. The molecule has 0 unspecified atom stereocenters. The van der Waals surface area contributed by atoms with Crippen molar-refractivity contribution in [3.8, 4) is 11.1 Å². The number of aryl methyl sites for hydroxylation is 1. The number of aromatic nitrogens is 1. The molecular weight excluding hydrogens is 442 g/mol. The summed E-state index contributed by atoms with van der Waals surface area (Å²) >= 11 is 0. The normalized spacial score (nSPS) is 14.3. The first-order chi connectivity index (χ1) is 16.3. The zero-order chi connectivity index (χ0) is 25.8. The second-order valence-electron chi connectivity index (χ2n) is 10.6. The van der Waals surface area contributed by atoms with Crippen LogP contribution in [0.15, 0.2) is 30.3 Å². The van der Waals surface area contributed by atoms with Gasteiger partial charge in [0.2, 0.25) is 0 Å². The van der Waals surface area contributed by atoms with E-state index in [0.717, 1.165) is 38.8 Å². The number of nitrogens with zero attached hydrogens (tertiary/aromatic N) is 3. The second kappa shape index (κ2) is 8.72. The third-order valence-corrected chi connectivity index (χ3v) is 6.58. The number of carboxylic acid groups (broad SMARTS) is 1. The summed E-state index contributed by atoms with van der Waals surface area (Å²) in [6, 6.07) is 10.0. The Kier molecular flexibility index (Phi) is 6.18. The van der Waals surface area contributed by atoms with Gasteiger partial charge in [0.15, 0.2) is 6.10 Å². The van der Waals surface area contributed by atoms with Crippen molar-refractivity contribution in [2.75, 3.05) is 32.6 Å². The van der Waals surface area contributed by atoms with Crippen molar-refractivity contribution in [2.24, 2.45) is 0 Å². The summed E-state index contributed by atoms with van der Waals surface area (Å²) in [6.45, 7) is 11.0. The molecule has 1 atom stereocenters. The van der Waals surface area contributed by atoms with E-state index < -0.39 is 17.7 Å². The molecule has 0 saturated carbocycles. The molecule has 1 N–H and O–H groups in total. The minimum absolute atomic E-state index is 0.0773. The smallest absolute Gasteiger partial charge is 0.337 e. The maximum Gasteiger partial charge on any atom is 0.337 e. The largest absolute Gasteiger partial charge is 0.479 e. The Bertz CT molecular complexity index is 1310. The first-order valence-electron chi connectivity index (χ1n) is 11.9. The van der Waals surface area contributed by atoms with Crippen molar-refractivity contribution in [1.82, 2.24) is 9.47 Å². The van der Waals surface area contributed by atoms with Crippen LogP contribution < -0.4 is 4.90 Å². The predicted octanol–water partition coefficient (Wildman–Crippen LogP) is 5.02. The monoisotopic (exact) mass is 477 g/mol. The molecule has 1 aromatic heterocycles. The minimum Gasteiger partial charge on any atom is -0.479 e. The van der Waals surface area contributed by atoms with Crippen molar-refractivity contribution < 1.29 is 19.4 Å². The van der Waals surface area contributed by atoms with E-state index in [9.17, 15) is 14.7 Å². The lowest BCUT2D eigenvalue weighted by molar-refractivity contribution is -0.160. The molecule has 0 aliphatic carbocycles. The van der Waals surface area contributed by atoms with E-state index in [1.807, 2.05) is 72.0 Å². The Morgan fingerprint density at radius 2 is 1.71 bits per heavy atom. The Labute approximate surface area is 206 Å². The second-order valence-corrected chi connectivity index (χ2v) is 10.6. The summed E-state index contributed by atoms with van der Waals surface area (Å²) in [5, 5.41) is 11.2. The van der Waals surface area contributed by atoms with E-state index in [1.54, 1.807) is 19.0 Å². The molecule has 0 bridgehead atoms. The Balaban J connectivity index is 2.19. The highest BCUT2D eigenvalue weighted by Crippen LogP contribution is 2.47. The van der Waals surface area contributed by atoms with Crippen molar-refractivity contribution in [2.45, 2.75) is 52.9 Å². The van der Waals surface area contributed by atoms with Gasteiger partial charge in [0.25, 0.3) is 5.91 Å². The Morgan fingerprint density at radius 3 is 2.26 bits per heavy atom. The van der Waals surface area contributed by atoms with Crippen LogP contribution in [0.1, 0.15) is 54.1 Å². The van der Waals surface area contributed by atoms with Gasteiger partial charge in [-0.05, 0) is 57.4 Å². The van der Waals surface area contributed by atoms with E-state index in [2.05, 4.69) is 9.47 Å². The SMILES string of the molecule is Cc1ccc(-c2c([C@H](OC(C)(C)C)C(=O)O)c(C)c3c4c2cc(C(=O)N(C)C)n4CCN3C)cc1. The molecule has 0 radical (unpaired) electrons. The zero-order valence-corrected chi connectivity index (χ0v) is 21.9. The molecule has 1 amide bonds. The van der Waals surface area contributed by atoms with Gasteiger partial charge in [-0.15, -0.1) is 0 Å². The summed E-state index contributed by atoms with van der Waals surface area (Å²) < 4.78 is 8.26. The molecule has 7 nitrogen and oxygen atoms in total. The highest BCUT2D eigenvalue weighted by Gasteiger charge is 2.36. The van der Waals surface area contributed by atoms with Gasteiger partial charge in [0.1, 0.15) is 5.69 Å². The molecule has 1 aliphatic rings. The number of carbonyl (C=O) groups excluding carboxylic acids is 1. The predicted molar refractivity (Wildman–Crippen MR) is 139 cm³/mol. The Morgan fingerprint density at radius 1 is 1.09 bits per heavy atom. The van der Waals surface area contributed by atoms with Crippen LogP contribution in [0.25, 0.3) is 22.0 Å². The third-order valence-electron chi connectivity index (χ3n) is 6.58. The third kappa shape index (κ3) is 4.29. The fourth-order valence-electron chi connectivity index (χ4n) is 5.05. The van der Waals surface area contributed by atoms with Crippen LogP contribution in [0.2, 0.25) is 0 Å². The molecule has 186 valence electrons. The number of hydrogen-bond acceptors (Lipinski definition) is 4. The molecule has 0 fully saturated rings. The Hall–Kier alpha value is -3.32. The fraction of sp³-hybridized carbons (Fsp3) is 0.429. The summed E-state index contributed by atoms with van der Waals surface area (Å²) in [6.07, 6.45) is -1.17. The van der Waals surface area contributed by atoms with E-state index >= 15 is 0 Å². The van der Waals surface area contributed by atoms with Gasteiger partial charge in [-0.2, -0.15) is 0 Å². The van der Waals surface area contributed by atoms with Crippen LogP contribution in [0.4, 0.5) is 5.69 Å². The average molecular weight is 478 g/mol. The number of amides is 1. The lowest BCUT2D eigenvalue weighted by atomic mass is 9.87. The van der Waals surface area contributed by atoms with Gasteiger partial charge >= 0.3 is 5.97 Å². The highest BCUT2D eigenvalue weighted by molar-refractivity contribution is 6.11. The van der Waals surface area contributed by atoms with Crippen LogP contribution in [-0.2, 0) is 16.1 Å². The number of carboxylic acids is 1. The molecule has 2 aromatic carbocycles. The molecule has 4 rings (SSSR count). The highest BCUT2D eigenvalue weighted by atomic mass is 16.5. The van der Waals surface area contributed by atoms with Crippen molar-refractivity contribution in [3.05, 3.63) is 52.7 Å². The topological polar surface area (TPSA) is 75.0 Å². The number of ether oxygens (including phenoxy) is 1. The maximum atomic E-state index is 13.2. The number of aliphatic carboxylic acids is 1. The summed E-state index contributed by atoms with van der Waals surface area (Å²) in [5.41, 5.74) is 6.15. The molecule has 7 heteroatoms. The number of likely N-dealkylation sites (N-methyl/N-ethyl adjacent to an activating group) is 1. The van der Waals surface area contributed by atoms with Gasteiger partial charge in [-0.1, -0.05) is 29.8 Å². The lowest BCUT2D eigenvalue weighted by Crippen LogP contribution is -2.33. The summed E-state index contributed by atoms with van der Waals surface area (Å²) in [5.74, 6) is -1.11. The van der Waals surface area contributed by atoms with Crippen molar-refractivity contribution in [1.29, 1.82) is 0 Å². The number of carbonyl (C=O) groups is 2. The molecule has 2 heterocycles. The fourth-order valence-corrected chi connectivity index (χ4v) is 5.05. The van der Waals surface area contributed by atoms with E-state index in [-0.39, 0.29) is 5.91 Å². The van der Waals surface area contributed by atoms with Gasteiger partial charge < -0.3 is 24.2 Å². The van der Waals surface area contributed by atoms with Crippen LogP contribution >= 0.6 is 0 Å². The first kappa shape index (κ1) is 24.8. The lowest BCUT2D eigenvalue weighted by Gasteiger charge is -2.34. The molecule has 35 heavy (non-hydrogen) atoms. The molecule has 0 spiro atoms. The molecule has 1 aliphatic heterocycles. The van der Waals surface area contributed by atoms with E-state index in [1.165, 1.54) is 0 Å². The summed E-state index contributed by atoms with van der Waals surface area (Å²) in [7, 11) is 5.51. The van der Waals surface area contributed by atoms with Crippen molar-refractivity contribution >= 4 is 28.5 Å². The van der Waals surface area contributed by atoms with Crippen LogP contribution in [0, 0.1) is 13.8 Å². The standard InChI is InChI=1S/C28H35N3O4/c1-16-9-11-18(12-10-16)22-19-15-20(26(32)29(6)7)31-14-13-30(8)23(24(19)31)17(2)21(22)25(27(33)34)35-28(3,4)5/h9-12,15,25H,13-14H2,1-8H3,(H,33,34)/t25-/m0/s1. The molecule has 3 aromatic rings. The summed E-state index contributed by atoms with van der Waals surface area (Å²) in [4.78, 5) is 29.6. The van der Waals surface area contributed by atoms with Crippen LogP contribution in [0.3, 0.4) is 0 Å². The number of rotatable bonds is 5. The van der Waals surface area contributed by atoms with Gasteiger partial charge in [-0.3, -0.25) is 4.79 Å². The van der Waals surface area contributed by atoms with Gasteiger partial charge in [0, 0.05) is 45.2 Å².